The van der Waals surface area contributed by atoms with E-state index in [-0.39, 0.29) is 12.1 Å². The summed E-state index contributed by atoms with van der Waals surface area (Å²) < 4.78 is 26.3. The van der Waals surface area contributed by atoms with Gasteiger partial charge in [-0.3, -0.25) is 4.90 Å². The quantitative estimate of drug-likeness (QED) is 0.900. The molecule has 3 nitrogen and oxygen atoms in total. The summed E-state index contributed by atoms with van der Waals surface area (Å²) in [5.41, 5.74) is 1.51. The van der Waals surface area contributed by atoms with E-state index >= 15 is 0 Å². The van der Waals surface area contributed by atoms with E-state index in [9.17, 15) is 13.6 Å². The summed E-state index contributed by atoms with van der Waals surface area (Å²) in [6, 6.07) is 12.4. The molecule has 0 spiro atoms. The van der Waals surface area contributed by atoms with Crippen molar-refractivity contribution in [2.75, 3.05) is 0 Å². The van der Waals surface area contributed by atoms with Crippen molar-refractivity contribution in [1.82, 2.24) is 10.2 Å². The second-order valence-corrected chi connectivity index (χ2v) is 5.44. The van der Waals surface area contributed by atoms with Crippen LogP contribution in [0.5, 0.6) is 0 Å². The van der Waals surface area contributed by atoms with Crippen LogP contribution in [-0.4, -0.2) is 10.9 Å². The first-order valence-electron chi connectivity index (χ1n) is 7.33. The zero-order valence-corrected chi connectivity index (χ0v) is 12.5. The monoisotopic (exact) mass is 314 g/mol. The lowest BCUT2D eigenvalue weighted by Gasteiger charge is -2.32. The van der Waals surface area contributed by atoms with Crippen LogP contribution in [0.25, 0.3) is 0 Å². The summed E-state index contributed by atoms with van der Waals surface area (Å²) in [4.78, 5) is 13.9. The molecule has 0 aromatic heterocycles. The number of benzene rings is 2. The number of carbonyl (C=O) groups excluding carboxylic acids is 1. The first kappa shape index (κ1) is 15.2. The third-order valence-corrected chi connectivity index (χ3v) is 3.95. The van der Waals surface area contributed by atoms with Crippen LogP contribution in [0, 0.1) is 11.6 Å². The van der Waals surface area contributed by atoms with Gasteiger partial charge in [0.05, 0.1) is 12.1 Å². The van der Waals surface area contributed by atoms with Crippen LogP contribution in [-0.2, 0) is 0 Å². The molecule has 0 saturated carbocycles. The number of urea groups is 1. The van der Waals surface area contributed by atoms with E-state index in [1.165, 1.54) is 6.07 Å². The predicted octanol–water partition coefficient (Wildman–Crippen LogP) is 4.31. The number of nitrogens with zero attached hydrogens (tertiary/aromatic N) is 1. The van der Waals surface area contributed by atoms with Crippen molar-refractivity contribution in [3.8, 4) is 0 Å². The second kappa shape index (κ2) is 6.20. The van der Waals surface area contributed by atoms with Crippen molar-refractivity contribution in [3.63, 3.8) is 0 Å². The molecule has 23 heavy (non-hydrogen) atoms. The molecule has 0 aliphatic carbocycles. The molecular formula is C18H16F2N2O. The van der Waals surface area contributed by atoms with Crippen LogP contribution in [0.15, 0.2) is 60.8 Å². The highest BCUT2D eigenvalue weighted by Crippen LogP contribution is 2.26. The Morgan fingerprint density at radius 2 is 1.83 bits per heavy atom. The Balaban J connectivity index is 1.81. The molecule has 0 saturated heterocycles. The van der Waals surface area contributed by atoms with Crippen LogP contribution < -0.4 is 5.32 Å². The molecule has 1 N–H and O–H groups in total. The number of carbonyl (C=O) groups is 1. The summed E-state index contributed by atoms with van der Waals surface area (Å²) >= 11 is 0. The van der Waals surface area contributed by atoms with Crippen LogP contribution in [0.4, 0.5) is 13.6 Å². The van der Waals surface area contributed by atoms with Crippen molar-refractivity contribution in [2.45, 2.75) is 19.0 Å². The third kappa shape index (κ3) is 3.08. The number of hydrogen-bond acceptors (Lipinski definition) is 1. The maximum Gasteiger partial charge on any atom is 0.322 e. The largest absolute Gasteiger partial charge is 0.327 e. The number of amides is 2. The van der Waals surface area contributed by atoms with Gasteiger partial charge in [-0.15, -0.1) is 0 Å². The number of halogens is 2. The molecule has 5 heteroatoms. The maximum atomic E-state index is 13.3. The van der Waals surface area contributed by atoms with Gasteiger partial charge < -0.3 is 5.32 Å². The molecule has 0 bridgehead atoms. The normalized spacial score (nSPS) is 18.7. The minimum Gasteiger partial charge on any atom is -0.327 e. The van der Waals surface area contributed by atoms with E-state index in [0.717, 1.165) is 17.7 Å². The summed E-state index contributed by atoms with van der Waals surface area (Å²) in [6.07, 6.45) is 3.44. The summed E-state index contributed by atoms with van der Waals surface area (Å²) in [5, 5.41) is 2.79. The smallest absolute Gasteiger partial charge is 0.322 e. The standard InChI is InChI=1S/C18H16F2N2O/c1-12(13-5-3-2-4-6-13)22-10-9-17(21-18(22)23)14-7-8-15(19)16(20)11-14/h2-12,17H,1H3,(H,21,23)/t12-,17?/m1/s1. The molecule has 1 aliphatic rings. The van der Waals surface area contributed by atoms with Crippen LogP contribution >= 0.6 is 0 Å². The maximum absolute atomic E-state index is 13.3. The van der Waals surface area contributed by atoms with E-state index in [1.54, 1.807) is 17.2 Å². The summed E-state index contributed by atoms with van der Waals surface area (Å²) in [7, 11) is 0. The highest BCUT2D eigenvalue weighted by Gasteiger charge is 2.26. The Labute approximate surface area is 133 Å². The highest BCUT2D eigenvalue weighted by atomic mass is 19.2. The van der Waals surface area contributed by atoms with Crippen molar-refractivity contribution in [1.29, 1.82) is 0 Å². The predicted molar refractivity (Wildman–Crippen MR) is 83.5 cm³/mol. The van der Waals surface area contributed by atoms with E-state index in [1.807, 2.05) is 37.3 Å². The first-order valence-corrected chi connectivity index (χ1v) is 7.33. The van der Waals surface area contributed by atoms with Gasteiger partial charge in [0.1, 0.15) is 0 Å². The third-order valence-electron chi connectivity index (χ3n) is 3.95. The minimum absolute atomic E-state index is 0.127. The van der Waals surface area contributed by atoms with Gasteiger partial charge in [-0.05, 0) is 36.3 Å². The molecule has 2 aromatic rings. The first-order chi connectivity index (χ1) is 11.1. The molecule has 0 fully saturated rings. The average molecular weight is 314 g/mol. The second-order valence-electron chi connectivity index (χ2n) is 5.44. The summed E-state index contributed by atoms with van der Waals surface area (Å²) in [6.45, 7) is 1.93. The van der Waals surface area contributed by atoms with Crippen LogP contribution in [0.1, 0.15) is 30.1 Å². The van der Waals surface area contributed by atoms with Gasteiger partial charge >= 0.3 is 6.03 Å². The molecule has 2 aromatic carbocycles. The number of rotatable bonds is 3. The number of nitrogens with one attached hydrogen (secondary N) is 1. The van der Waals surface area contributed by atoms with Crippen molar-refractivity contribution in [2.24, 2.45) is 0 Å². The SMILES string of the molecule is C[C@H](c1ccccc1)N1C=CC(c2ccc(F)c(F)c2)NC1=O. The summed E-state index contributed by atoms with van der Waals surface area (Å²) in [5.74, 6) is -1.83. The van der Waals surface area contributed by atoms with Gasteiger partial charge in [-0.1, -0.05) is 36.4 Å². The minimum atomic E-state index is -0.926. The van der Waals surface area contributed by atoms with Crippen molar-refractivity contribution >= 4 is 6.03 Å². The van der Waals surface area contributed by atoms with E-state index in [0.29, 0.717) is 5.56 Å². The van der Waals surface area contributed by atoms with Gasteiger partial charge in [0.25, 0.3) is 0 Å². The fourth-order valence-corrected chi connectivity index (χ4v) is 2.60. The molecule has 3 rings (SSSR count). The van der Waals surface area contributed by atoms with E-state index in [2.05, 4.69) is 5.32 Å². The van der Waals surface area contributed by atoms with Gasteiger partial charge in [0, 0.05) is 6.20 Å². The fraction of sp³-hybridized carbons (Fsp3) is 0.167. The molecule has 2 amide bonds. The van der Waals surface area contributed by atoms with Gasteiger partial charge in [-0.2, -0.15) is 0 Å². The fourth-order valence-electron chi connectivity index (χ4n) is 2.60. The lowest BCUT2D eigenvalue weighted by Crippen LogP contribution is -2.42. The zero-order valence-electron chi connectivity index (χ0n) is 12.5. The Hall–Kier alpha value is -2.69. The van der Waals surface area contributed by atoms with E-state index < -0.39 is 17.7 Å². The lowest BCUT2D eigenvalue weighted by atomic mass is 10.0. The average Bonchev–Trinajstić information content (AvgIpc) is 2.57. The molecule has 118 valence electrons. The van der Waals surface area contributed by atoms with Gasteiger partial charge in [0.2, 0.25) is 0 Å². The topological polar surface area (TPSA) is 32.3 Å². The Morgan fingerprint density at radius 3 is 2.48 bits per heavy atom. The van der Waals surface area contributed by atoms with Crippen LogP contribution in [0.3, 0.4) is 0 Å². The zero-order chi connectivity index (χ0) is 16.4. The van der Waals surface area contributed by atoms with Gasteiger partial charge in [-0.25, -0.2) is 13.6 Å². The molecule has 2 atom stereocenters. The lowest BCUT2D eigenvalue weighted by molar-refractivity contribution is 0.196. The van der Waals surface area contributed by atoms with Gasteiger partial charge in [0.15, 0.2) is 11.6 Å². The molecule has 1 aliphatic heterocycles. The Bertz CT molecular complexity index is 746. The molecular weight excluding hydrogens is 298 g/mol. The highest BCUT2D eigenvalue weighted by molar-refractivity contribution is 5.78. The van der Waals surface area contributed by atoms with Crippen molar-refractivity contribution in [3.05, 3.63) is 83.6 Å². The molecule has 1 unspecified atom stereocenters. The molecule has 0 radical (unpaired) electrons. The number of hydrogen-bond donors (Lipinski definition) is 1. The van der Waals surface area contributed by atoms with Crippen LogP contribution in [0.2, 0.25) is 0 Å². The van der Waals surface area contributed by atoms with E-state index in [4.69, 9.17) is 0 Å². The Kier molecular flexibility index (Phi) is 4.10. The molecule has 1 heterocycles. The Morgan fingerprint density at radius 1 is 1.09 bits per heavy atom. The van der Waals surface area contributed by atoms with Crippen molar-refractivity contribution < 1.29 is 13.6 Å².